The first-order valence-electron chi connectivity index (χ1n) is 7.86. The summed E-state index contributed by atoms with van der Waals surface area (Å²) in [6.07, 6.45) is 0. The second-order valence-corrected chi connectivity index (χ2v) is 8.13. The molecule has 144 valence electrons. The molecule has 0 saturated carbocycles. The Bertz CT molecular complexity index is 1100. The number of para-hydroxylation sites is 1. The minimum atomic E-state index is -4.18. The number of aromatic carboxylic acids is 1. The number of benzene rings is 3. The molecule has 0 fully saturated rings. The van der Waals surface area contributed by atoms with Crippen LogP contribution in [-0.4, -0.2) is 19.5 Å². The summed E-state index contributed by atoms with van der Waals surface area (Å²) >= 11 is 11.9. The summed E-state index contributed by atoms with van der Waals surface area (Å²) in [6.45, 7) is 0. The van der Waals surface area contributed by atoms with Crippen molar-refractivity contribution in [1.29, 1.82) is 0 Å². The number of hydrogen-bond acceptors (Lipinski definition) is 4. The molecule has 0 heterocycles. The van der Waals surface area contributed by atoms with E-state index < -0.39 is 16.0 Å². The molecule has 28 heavy (non-hydrogen) atoms. The van der Waals surface area contributed by atoms with Crippen LogP contribution in [0.3, 0.4) is 0 Å². The SMILES string of the molecule is O=C(O)c1ccc(S(=O)(=O)N(Oc2ccc(Cl)c(Cl)c2)c2ccccc2)cc1. The standard InChI is InChI=1S/C19H13Cl2NO5S/c20-17-11-8-15(12-18(17)21)27-22(14-4-2-1-3-5-14)28(25,26)16-9-6-13(7-10-16)19(23)24/h1-12H,(H,23,24). The van der Waals surface area contributed by atoms with Gasteiger partial charge >= 0.3 is 5.97 Å². The molecule has 3 aromatic carbocycles. The number of carboxylic acids is 1. The Morgan fingerprint density at radius 3 is 2.11 bits per heavy atom. The summed E-state index contributed by atoms with van der Waals surface area (Å²) in [4.78, 5) is 16.5. The monoisotopic (exact) mass is 437 g/mol. The fraction of sp³-hybridized carbons (Fsp3) is 0. The zero-order chi connectivity index (χ0) is 20.3. The second kappa shape index (κ2) is 8.10. The number of carbonyl (C=O) groups is 1. The molecule has 1 N–H and O–H groups in total. The molecule has 0 saturated heterocycles. The fourth-order valence-electron chi connectivity index (χ4n) is 2.28. The van der Waals surface area contributed by atoms with Crippen molar-refractivity contribution >= 4 is 44.9 Å². The topological polar surface area (TPSA) is 83.9 Å². The molecule has 0 aliphatic heterocycles. The Balaban J connectivity index is 2.04. The van der Waals surface area contributed by atoms with Crippen molar-refractivity contribution in [2.45, 2.75) is 4.90 Å². The van der Waals surface area contributed by atoms with Gasteiger partial charge in [0, 0.05) is 6.07 Å². The third-order valence-electron chi connectivity index (χ3n) is 3.66. The number of halogens is 2. The van der Waals surface area contributed by atoms with Gasteiger partial charge in [0.1, 0.15) is 0 Å². The van der Waals surface area contributed by atoms with Crippen LogP contribution in [0, 0.1) is 0 Å². The highest BCUT2D eigenvalue weighted by molar-refractivity contribution is 7.92. The van der Waals surface area contributed by atoms with Crippen LogP contribution in [0.4, 0.5) is 5.69 Å². The van der Waals surface area contributed by atoms with Crippen molar-refractivity contribution in [3.05, 3.63) is 88.4 Å². The highest BCUT2D eigenvalue weighted by Gasteiger charge is 2.28. The Labute approximate surface area is 171 Å². The van der Waals surface area contributed by atoms with E-state index in [9.17, 15) is 13.2 Å². The molecule has 0 spiro atoms. The molecule has 0 bridgehead atoms. The van der Waals surface area contributed by atoms with E-state index in [-0.39, 0.29) is 26.9 Å². The van der Waals surface area contributed by atoms with Gasteiger partial charge < -0.3 is 9.94 Å². The molecule has 9 heteroatoms. The lowest BCUT2D eigenvalue weighted by Gasteiger charge is -2.24. The highest BCUT2D eigenvalue weighted by atomic mass is 35.5. The average molecular weight is 438 g/mol. The predicted molar refractivity (Wildman–Crippen MR) is 107 cm³/mol. The molecule has 0 aliphatic rings. The van der Waals surface area contributed by atoms with E-state index in [1.165, 1.54) is 42.5 Å². The minimum Gasteiger partial charge on any atom is -0.478 e. The second-order valence-electron chi connectivity index (χ2n) is 5.56. The maximum absolute atomic E-state index is 13.2. The average Bonchev–Trinajstić information content (AvgIpc) is 2.69. The smallest absolute Gasteiger partial charge is 0.335 e. The van der Waals surface area contributed by atoms with Crippen molar-refractivity contribution in [3.63, 3.8) is 0 Å². The van der Waals surface area contributed by atoms with E-state index in [2.05, 4.69) is 0 Å². The maximum Gasteiger partial charge on any atom is 0.335 e. The van der Waals surface area contributed by atoms with Crippen LogP contribution >= 0.6 is 23.2 Å². The first-order valence-corrected chi connectivity index (χ1v) is 10.1. The number of nitrogens with zero attached hydrogens (tertiary/aromatic N) is 1. The predicted octanol–water partition coefficient (Wildman–Crippen LogP) is 4.88. The molecular formula is C19H13Cl2NO5S. The van der Waals surface area contributed by atoms with E-state index in [0.717, 1.165) is 4.47 Å². The summed E-state index contributed by atoms with van der Waals surface area (Å²) in [5.41, 5.74) is 0.214. The van der Waals surface area contributed by atoms with Gasteiger partial charge in [-0.3, -0.25) is 0 Å². The maximum atomic E-state index is 13.2. The molecule has 3 rings (SSSR count). The lowest BCUT2D eigenvalue weighted by atomic mass is 10.2. The normalized spacial score (nSPS) is 11.1. The van der Waals surface area contributed by atoms with E-state index in [0.29, 0.717) is 5.02 Å². The van der Waals surface area contributed by atoms with Crippen LogP contribution in [0.25, 0.3) is 0 Å². The number of rotatable bonds is 6. The summed E-state index contributed by atoms with van der Waals surface area (Å²) in [5.74, 6) is -1.00. The lowest BCUT2D eigenvalue weighted by Crippen LogP contribution is -2.34. The van der Waals surface area contributed by atoms with Gasteiger partial charge in [0.15, 0.2) is 5.75 Å². The van der Waals surface area contributed by atoms with Crippen molar-refractivity contribution in [2.24, 2.45) is 0 Å². The Morgan fingerprint density at radius 2 is 1.54 bits per heavy atom. The minimum absolute atomic E-state index is 0.0318. The van der Waals surface area contributed by atoms with E-state index in [1.54, 1.807) is 30.3 Å². The van der Waals surface area contributed by atoms with E-state index in [1.807, 2.05) is 0 Å². The number of hydrogen-bond donors (Lipinski definition) is 1. The first-order chi connectivity index (χ1) is 13.3. The number of carboxylic acid groups (broad SMARTS) is 1. The number of sulfonamides is 1. The van der Waals surface area contributed by atoms with Gasteiger partial charge in [-0.15, -0.1) is 0 Å². The zero-order valence-electron chi connectivity index (χ0n) is 14.1. The molecule has 6 nitrogen and oxygen atoms in total. The third-order valence-corrected chi connectivity index (χ3v) is 5.99. The van der Waals surface area contributed by atoms with E-state index in [4.69, 9.17) is 33.1 Å². The molecule has 0 aromatic heterocycles. The Morgan fingerprint density at radius 1 is 0.893 bits per heavy atom. The van der Waals surface area contributed by atoms with Crippen LogP contribution in [0.15, 0.2) is 77.7 Å². The summed E-state index contributed by atoms with van der Waals surface area (Å²) in [7, 11) is -4.18. The van der Waals surface area contributed by atoms with Gasteiger partial charge in [-0.2, -0.15) is 8.42 Å². The zero-order valence-corrected chi connectivity index (χ0v) is 16.4. The molecule has 0 unspecified atom stereocenters. The Hall–Kier alpha value is -2.74. The summed E-state index contributed by atoms with van der Waals surface area (Å²) in [6, 6.07) is 17.3. The van der Waals surface area contributed by atoms with Crippen molar-refractivity contribution < 1.29 is 23.2 Å². The van der Waals surface area contributed by atoms with Gasteiger partial charge in [-0.1, -0.05) is 45.9 Å². The first kappa shape index (κ1) is 20.0. The largest absolute Gasteiger partial charge is 0.478 e. The van der Waals surface area contributed by atoms with Crippen LogP contribution in [-0.2, 0) is 10.0 Å². The highest BCUT2D eigenvalue weighted by Crippen LogP contribution is 2.30. The van der Waals surface area contributed by atoms with Crippen molar-refractivity contribution in [3.8, 4) is 5.75 Å². The van der Waals surface area contributed by atoms with Crippen molar-refractivity contribution in [1.82, 2.24) is 0 Å². The van der Waals surface area contributed by atoms with Crippen LogP contribution in [0.1, 0.15) is 10.4 Å². The number of anilines is 1. The molecule has 0 amide bonds. The lowest BCUT2D eigenvalue weighted by molar-refractivity contribution is 0.0696. The molecule has 0 aliphatic carbocycles. The van der Waals surface area contributed by atoms with Crippen molar-refractivity contribution in [2.75, 3.05) is 4.47 Å². The summed E-state index contributed by atoms with van der Waals surface area (Å²) in [5, 5.41) is 9.50. The Kier molecular flexibility index (Phi) is 5.79. The fourth-order valence-corrected chi connectivity index (χ4v) is 3.83. The van der Waals surface area contributed by atoms with Crippen LogP contribution < -0.4 is 9.31 Å². The van der Waals surface area contributed by atoms with Gasteiger partial charge in [-0.25, -0.2) is 4.79 Å². The molecular weight excluding hydrogens is 425 g/mol. The van der Waals surface area contributed by atoms with Gasteiger partial charge in [0.2, 0.25) is 0 Å². The van der Waals surface area contributed by atoms with E-state index >= 15 is 0 Å². The van der Waals surface area contributed by atoms with Gasteiger partial charge in [-0.05, 0) is 48.5 Å². The molecule has 0 atom stereocenters. The third kappa shape index (κ3) is 4.22. The van der Waals surface area contributed by atoms with Gasteiger partial charge in [0.25, 0.3) is 10.0 Å². The van der Waals surface area contributed by atoms with Gasteiger partial charge in [0.05, 0.1) is 26.2 Å². The molecule has 3 aromatic rings. The van der Waals surface area contributed by atoms with Crippen LogP contribution in [0.5, 0.6) is 5.75 Å². The molecule has 0 radical (unpaired) electrons. The quantitative estimate of drug-likeness (QED) is 0.555. The van der Waals surface area contributed by atoms with Crippen LogP contribution in [0.2, 0.25) is 10.0 Å². The summed E-state index contributed by atoms with van der Waals surface area (Å²) < 4.78 is 27.1.